The Hall–Kier alpha value is 0.290. The number of rotatable bonds is 5. The lowest BCUT2D eigenvalue weighted by Gasteiger charge is -2.31. The average molecular weight is 177 g/mol. The number of halogens is 1. The standard InChI is InChI=1S/C10H21Cl/c1-5-6-7-10(4,8-11)9(2)3/h9H,5-8H2,1-4H3. The van der Waals surface area contributed by atoms with Gasteiger partial charge in [0.2, 0.25) is 0 Å². The molecule has 0 amide bonds. The minimum absolute atomic E-state index is 0.359. The highest BCUT2D eigenvalue weighted by atomic mass is 35.5. The lowest BCUT2D eigenvalue weighted by molar-refractivity contribution is 0.228. The van der Waals surface area contributed by atoms with Crippen molar-refractivity contribution < 1.29 is 0 Å². The molecule has 0 aromatic rings. The maximum Gasteiger partial charge on any atom is 0.0279 e. The summed E-state index contributed by atoms with van der Waals surface area (Å²) in [7, 11) is 0. The summed E-state index contributed by atoms with van der Waals surface area (Å²) in [5, 5.41) is 0. The van der Waals surface area contributed by atoms with Gasteiger partial charge in [0.05, 0.1) is 0 Å². The summed E-state index contributed by atoms with van der Waals surface area (Å²) in [6.07, 6.45) is 3.85. The molecule has 0 heterocycles. The topological polar surface area (TPSA) is 0 Å². The fourth-order valence-corrected chi connectivity index (χ4v) is 1.53. The van der Waals surface area contributed by atoms with Gasteiger partial charge < -0.3 is 0 Å². The summed E-state index contributed by atoms with van der Waals surface area (Å²) in [6, 6.07) is 0. The molecule has 0 saturated heterocycles. The molecule has 1 unspecified atom stereocenters. The Morgan fingerprint density at radius 1 is 1.36 bits per heavy atom. The fraction of sp³-hybridized carbons (Fsp3) is 1.00. The van der Waals surface area contributed by atoms with Crippen LogP contribution in [0, 0.1) is 11.3 Å². The summed E-state index contributed by atoms with van der Waals surface area (Å²) in [5.41, 5.74) is 0.359. The Morgan fingerprint density at radius 2 is 1.91 bits per heavy atom. The van der Waals surface area contributed by atoms with E-state index in [0.717, 1.165) is 5.88 Å². The Morgan fingerprint density at radius 3 is 2.18 bits per heavy atom. The lowest BCUT2D eigenvalue weighted by Crippen LogP contribution is -2.25. The van der Waals surface area contributed by atoms with E-state index in [1.807, 2.05) is 0 Å². The Balaban J connectivity index is 3.88. The van der Waals surface area contributed by atoms with Gasteiger partial charge in [-0.05, 0) is 17.8 Å². The van der Waals surface area contributed by atoms with Gasteiger partial charge in [0.15, 0.2) is 0 Å². The zero-order chi connectivity index (χ0) is 8.91. The molecule has 0 aromatic heterocycles. The van der Waals surface area contributed by atoms with Crippen LogP contribution in [0.5, 0.6) is 0 Å². The normalized spacial score (nSPS) is 16.9. The molecule has 0 aromatic carbocycles. The molecule has 0 aliphatic rings. The molecule has 1 heteroatoms. The SMILES string of the molecule is CCCCC(C)(CCl)C(C)C. The second-order valence-corrected chi connectivity index (χ2v) is 4.31. The minimum atomic E-state index is 0.359. The second-order valence-electron chi connectivity index (χ2n) is 4.05. The fourth-order valence-electron chi connectivity index (χ4n) is 1.09. The molecule has 0 bridgehead atoms. The van der Waals surface area contributed by atoms with E-state index in [0.29, 0.717) is 11.3 Å². The van der Waals surface area contributed by atoms with E-state index in [2.05, 4.69) is 27.7 Å². The van der Waals surface area contributed by atoms with Gasteiger partial charge >= 0.3 is 0 Å². The van der Waals surface area contributed by atoms with E-state index < -0.39 is 0 Å². The van der Waals surface area contributed by atoms with Crippen LogP contribution in [-0.2, 0) is 0 Å². The van der Waals surface area contributed by atoms with Gasteiger partial charge in [-0.3, -0.25) is 0 Å². The third-order valence-electron chi connectivity index (χ3n) is 2.80. The Labute approximate surface area is 76.3 Å². The van der Waals surface area contributed by atoms with Crippen molar-refractivity contribution in [1.29, 1.82) is 0 Å². The zero-order valence-electron chi connectivity index (χ0n) is 8.28. The van der Waals surface area contributed by atoms with Crippen LogP contribution in [0.4, 0.5) is 0 Å². The van der Waals surface area contributed by atoms with Crippen molar-refractivity contribution in [2.45, 2.75) is 47.0 Å². The largest absolute Gasteiger partial charge is 0.126 e. The minimum Gasteiger partial charge on any atom is -0.126 e. The molecule has 0 nitrogen and oxygen atoms in total. The van der Waals surface area contributed by atoms with Gasteiger partial charge in [-0.2, -0.15) is 0 Å². The van der Waals surface area contributed by atoms with Crippen LogP contribution in [0.2, 0.25) is 0 Å². The third kappa shape index (κ3) is 3.46. The van der Waals surface area contributed by atoms with Crippen LogP contribution >= 0.6 is 11.6 Å². The molecule has 11 heavy (non-hydrogen) atoms. The quantitative estimate of drug-likeness (QED) is 0.554. The third-order valence-corrected chi connectivity index (χ3v) is 3.41. The van der Waals surface area contributed by atoms with Crippen molar-refractivity contribution >= 4 is 11.6 Å². The first kappa shape index (κ1) is 11.3. The Bertz CT molecular complexity index is 99.0. The van der Waals surface area contributed by atoms with Crippen molar-refractivity contribution in [3.63, 3.8) is 0 Å². The number of unbranched alkanes of at least 4 members (excludes halogenated alkanes) is 1. The summed E-state index contributed by atoms with van der Waals surface area (Å²) in [5.74, 6) is 1.50. The highest BCUT2D eigenvalue weighted by Crippen LogP contribution is 2.33. The molecule has 0 rings (SSSR count). The van der Waals surface area contributed by atoms with E-state index in [1.165, 1.54) is 19.3 Å². The van der Waals surface area contributed by atoms with Crippen molar-refractivity contribution in [1.82, 2.24) is 0 Å². The molecular weight excluding hydrogens is 156 g/mol. The molecule has 0 aliphatic heterocycles. The highest BCUT2D eigenvalue weighted by molar-refractivity contribution is 6.18. The van der Waals surface area contributed by atoms with Crippen molar-refractivity contribution in [3.8, 4) is 0 Å². The first-order chi connectivity index (χ1) is 5.06. The monoisotopic (exact) mass is 176 g/mol. The van der Waals surface area contributed by atoms with Gasteiger partial charge in [0.25, 0.3) is 0 Å². The van der Waals surface area contributed by atoms with Gasteiger partial charge in [0.1, 0.15) is 0 Å². The van der Waals surface area contributed by atoms with Gasteiger partial charge in [0, 0.05) is 5.88 Å². The zero-order valence-corrected chi connectivity index (χ0v) is 9.04. The lowest BCUT2D eigenvalue weighted by atomic mass is 9.77. The van der Waals surface area contributed by atoms with E-state index in [9.17, 15) is 0 Å². The number of alkyl halides is 1. The molecular formula is C10H21Cl. The van der Waals surface area contributed by atoms with Gasteiger partial charge in [-0.1, -0.05) is 40.5 Å². The molecule has 68 valence electrons. The van der Waals surface area contributed by atoms with E-state index in [-0.39, 0.29) is 0 Å². The van der Waals surface area contributed by atoms with E-state index >= 15 is 0 Å². The number of hydrogen-bond donors (Lipinski definition) is 0. The number of hydrogen-bond acceptors (Lipinski definition) is 0. The first-order valence-corrected chi connectivity index (χ1v) is 5.16. The van der Waals surface area contributed by atoms with Gasteiger partial charge in [-0.25, -0.2) is 0 Å². The molecule has 0 N–H and O–H groups in total. The van der Waals surface area contributed by atoms with Gasteiger partial charge in [-0.15, -0.1) is 11.6 Å². The van der Waals surface area contributed by atoms with Crippen LogP contribution in [0.15, 0.2) is 0 Å². The van der Waals surface area contributed by atoms with Crippen molar-refractivity contribution in [2.75, 3.05) is 5.88 Å². The summed E-state index contributed by atoms with van der Waals surface area (Å²) in [6.45, 7) is 9.05. The predicted octanol–water partition coefficient (Wildman–Crippen LogP) is 4.08. The molecule has 0 aliphatic carbocycles. The van der Waals surface area contributed by atoms with E-state index in [1.54, 1.807) is 0 Å². The molecule has 0 saturated carbocycles. The maximum absolute atomic E-state index is 5.94. The average Bonchev–Trinajstić information content (AvgIpc) is 2.00. The molecule has 1 atom stereocenters. The van der Waals surface area contributed by atoms with Crippen LogP contribution < -0.4 is 0 Å². The van der Waals surface area contributed by atoms with Crippen LogP contribution in [-0.4, -0.2) is 5.88 Å². The Kier molecular flexibility index (Phi) is 5.16. The summed E-state index contributed by atoms with van der Waals surface area (Å²) in [4.78, 5) is 0. The summed E-state index contributed by atoms with van der Waals surface area (Å²) < 4.78 is 0. The van der Waals surface area contributed by atoms with Crippen molar-refractivity contribution in [3.05, 3.63) is 0 Å². The van der Waals surface area contributed by atoms with Crippen LogP contribution in [0.25, 0.3) is 0 Å². The smallest absolute Gasteiger partial charge is 0.0279 e. The van der Waals surface area contributed by atoms with Crippen molar-refractivity contribution in [2.24, 2.45) is 11.3 Å². The van der Waals surface area contributed by atoms with Crippen LogP contribution in [0.1, 0.15) is 47.0 Å². The summed E-state index contributed by atoms with van der Waals surface area (Å²) >= 11 is 5.94. The van der Waals surface area contributed by atoms with Crippen LogP contribution in [0.3, 0.4) is 0 Å². The van der Waals surface area contributed by atoms with E-state index in [4.69, 9.17) is 11.6 Å². The molecule has 0 radical (unpaired) electrons. The maximum atomic E-state index is 5.94. The molecule has 0 fully saturated rings. The molecule has 0 spiro atoms. The first-order valence-electron chi connectivity index (χ1n) is 4.62. The second kappa shape index (κ2) is 5.03. The highest BCUT2D eigenvalue weighted by Gasteiger charge is 2.26. The predicted molar refractivity (Wildman–Crippen MR) is 53.2 cm³/mol.